The Kier molecular flexibility index (Phi) is 5.81. The van der Waals surface area contributed by atoms with Crippen LogP contribution in [0.4, 0.5) is 0 Å². The van der Waals surface area contributed by atoms with Crippen molar-refractivity contribution in [3.8, 4) is 5.75 Å². The number of benzene rings is 1. The molecule has 0 aliphatic heterocycles. The number of allylic oxidation sites excluding steroid dienone is 1. The van der Waals surface area contributed by atoms with Crippen LogP contribution in [0.15, 0.2) is 30.3 Å². The smallest absolute Gasteiger partial charge is 0.118 e. The maximum Gasteiger partial charge on any atom is 0.118 e. The molecule has 1 rings (SSSR count). The van der Waals surface area contributed by atoms with E-state index in [0.717, 1.165) is 5.75 Å². The van der Waals surface area contributed by atoms with Crippen LogP contribution < -0.4 is 4.74 Å². The molecule has 69 valence electrons. The topological polar surface area (TPSA) is 9.23 Å². The van der Waals surface area contributed by atoms with Crippen molar-refractivity contribution in [1.82, 2.24) is 0 Å². The fraction of sp³-hybridized carbons (Fsp3) is 0.200. The molecule has 2 heteroatoms. The van der Waals surface area contributed by atoms with Crippen molar-refractivity contribution in [3.05, 3.63) is 35.9 Å². The van der Waals surface area contributed by atoms with Crippen molar-refractivity contribution < 1.29 is 27.1 Å². The molecule has 0 unspecified atom stereocenters. The van der Waals surface area contributed by atoms with Crippen LogP contribution in [0.2, 0.25) is 0 Å². The molecule has 1 nitrogen and oxygen atoms in total. The standard InChI is InChI=1S/C10H12O.Au/c1-3-4-9-5-7-10(11-2)8-6-9;/h3-8H,1-2H3;. The minimum Gasteiger partial charge on any atom is -0.497 e. The molecular weight excluding hydrogens is 333 g/mol. The van der Waals surface area contributed by atoms with E-state index in [1.54, 1.807) is 7.11 Å². The Bertz CT molecular complexity index is 239. The monoisotopic (exact) mass is 345 g/mol. The van der Waals surface area contributed by atoms with Crippen LogP contribution >= 0.6 is 0 Å². The zero-order valence-electron chi connectivity index (χ0n) is 7.17. The van der Waals surface area contributed by atoms with E-state index in [4.69, 9.17) is 4.74 Å². The molecule has 0 bridgehead atoms. The summed E-state index contributed by atoms with van der Waals surface area (Å²) in [7, 11) is 1.67. The number of hydrogen-bond donors (Lipinski definition) is 0. The van der Waals surface area contributed by atoms with Gasteiger partial charge in [-0.15, -0.1) is 0 Å². The normalized spacial score (nSPS) is 9.50. The van der Waals surface area contributed by atoms with Crippen molar-refractivity contribution in [1.29, 1.82) is 0 Å². The quantitative estimate of drug-likeness (QED) is 0.749. The van der Waals surface area contributed by atoms with Gasteiger partial charge in [0.1, 0.15) is 5.75 Å². The van der Waals surface area contributed by atoms with Gasteiger partial charge in [-0.2, -0.15) is 0 Å². The van der Waals surface area contributed by atoms with Gasteiger partial charge < -0.3 is 4.74 Å². The molecule has 12 heavy (non-hydrogen) atoms. The molecule has 0 N–H and O–H groups in total. The molecular formula is C10H12AuO. The van der Waals surface area contributed by atoms with E-state index in [9.17, 15) is 0 Å². The Labute approximate surface area is 88.9 Å². The molecule has 0 amide bonds. The minimum absolute atomic E-state index is 0. The van der Waals surface area contributed by atoms with E-state index in [0.29, 0.717) is 0 Å². The van der Waals surface area contributed by atoms with Gasteiger partial charge in [-0.3, -0.25) is 0 Å². The van der Waals surface area contributed by atoms with Crippen LogP contribution in [0.25, 0.3) is 6.08 Å². The molecule has 0 saturated heterocycles. The van der Waals surface area contributed by atoms with Gasteiger partial charge in [0, 0.05) is 22.4 Å². The average molecular weight is 345 g/mol. The first-order valence-corrected chi connectivity index (χ1v) is 3.63. The average Bonchev–Trinajstić information content (AvgIpc) is 2.07. The fourth-order valence-corrected chi connectivity index (χ4v) is 0.907. The molecule has 1 radical (unpaired) electrons. The zero-order chi connectivity index (χ0) is 8.10. The molecule has 0 aliphatic carbocycles. The summed E-state index contributed by atoms with van der Waals surface area (Å²) >= 11 is 0. The largest absolute Gasteiger partial charge is 0.497 e. The Morgan fingerprint density at radius 1 is 1.17 bits per heavy atom. The summed E-state index contributed by atoms with van der Waals surface area (Å²) in [5, 5.41) is 0. The van der Waals surface area contributed by atoms with Gasteiger partial charge in [-0.05, 0) is 24.6 Å². The van der Waals surface area contributed by atoms with Crippen molar-refractivity contribution in [2.24, 2.45) is 0 Å². The van der Waals surface area contributed by atoms with Crippen LogP contribution in [-0.2, 0) is 22.4 Å². The second-order valence-electron chi connectivity index (χ2n) is 2.27. The van der Waals surface area contributed by atoms with E-state index in [1.165, 1.54) is 5.56 Å². The van der Waals surface area contributed by atoms with Gasteiger partial charge in [0.05, 0.1) is 7.11 Å². The first kappa shape index (κ1) is 11.5. The van der Waals surface area contributed by atoms with Gasteiger partial charge in [-0.1, -0.05) is 24.3 Å². The summed E-state index contributed by atoms with van der Waals surface area (Å²) in [5.74, 6) is 0.901. The van der Waals surface area contributed by atoms with Gasteiger partial charge >= 0.3 is 0 Å². The van der Waals surface area contributed by atoms with E-state index in [-0.39, 0.29) is 22.4 Å². The van der Waals surface area contributed by atoms with Crippen LogP contribution in [-0.4, -0.2) is 7.11 Å². The predicted molar refractivity (Wildman–Crippen MR) is 47.7 cm³/mol. The van der Waals surface area contributed by atoms with Gasteiger partial charge in [-0.25, -0.2) is 0 Å². The Morgan fingerprint density at radius 2 is 1.75 bits per heavy atom. The molecule has 0 spiro atoms. The van der Waals surface area contributed by atoms with E-state index in [1.807, 2.05) is 37.3 Å². The molecule has 0 heterocycles. The third-order valence-corrected chi connectivity index (χ3v) is 1.47. The van der Waals surface area contributed by atoms with E-state index < -0.39 is 0 Å². The third kappa shape index (κ3) is 3.26. The van der Waals surface area contributed by atoms with Gasteiger partial charge in [0.2, 0.25) is 0 Å². The van der Waals surface area contributed by atoms with Crippen molar-refractivity contribution in [2.75, 3.05) is 7.11 Å². The molecule has 0 aromatic heterocycles. The Hall–Kier alpha value is -0.500. The van der Waals surface area contributed by atoms with Crippen LogP contribution in [0, 0.1) is 0 Å². The maximum atomic E-state index is 5.02. The predicted octanol–water partition coefficient (Wildman–Crippen LogP) is 2.73. The van der Waals surface area contributed by atoms with Gasteiger partial charge in [0.15, 0.2) is 0 Å². The number of ether oxygens (including phenoxy) is 1. The molecule has 0 fully saturated rings. The summed E-state index contributed by atoms with van der Waals surface area (Å²) in [4.78, 5) is 0. The van der Waals surface area contributed by atoms with Crippen molar-refractivity contribution >= 4 is 6.08 Å². The summed E-state index contributed by atoms with van der Waals surface area (Å²) in [6, 6.07) is 7.96. The first-order chi connectivity index (χ1) is 5.36. The Morgan fingerprint density at radius 3 is 2.17 bits per heavy atom. The van der Waals surface area contributed by atoms with E-state index >= 15 is 0 Å². The molecule has 1 aromatic carbocycles. The third-order valence-electron chi connectivity index (χ3n) is 1.47. The number of methoxy groups -OCH3 is 1. The molecule has 0 atom stereocenters. The van der Waals surface area contributed by atoms with Crippen LogP contribution in [0.1, 0.15) is 12.5 Å². The van der Waals surface area contributed by atoms with Crippen molar-refractivity contribution in [2.45, 2.75) is 6.92 Å². The first-order valence-electron chi connectivity index (χ1n) is 3.63. The molecule has 1 aromatic rings. The second-order valence-corrected chi connectivity index (χ2v) is 2.27. The maximum absolute atomic E-state index is 5.02. The molecule has 0 aliphatic rings. The van der Waals surface area contributed by atoms with Crippen LogP contribution in [0.5, 0.6) is 5.75 Å². The number of rotatable bonds is 2. The summed E-state index contributed by atoms with van der Waals surface area (Å²) in [6.45, 7) is 2.00. The zero-order valence-corrected chi connectivity index (χ0v) is 9.34. The fourth-order valence-electron chi connectivity index (χ4n) is 0.907. The van der Waals surface area contributed by atoms with Crippen molar-refractivity contribution in [3.63, 3.8) is 0 Å². The molecule has 0 saturated carbocycles. The van der Waals surface area contributed by atoms with Crippen LogP contribution in [0.3, 0.4) is 0 Å². The SMILES string of the molecule is CC=Cc1ccc(OC)cc1.[Au]. The second kappa shape index (κ2) is 6.07. The summed E-state index contributed by atoms with van der Waals surface area (Å²) < 4.78 is 5.02. The summed E-state index contributed by atoms with van der Waals surface area (Å²) in [6.07, 6.45) is 4.07. The van der Waals surface area contributed by atoms with Gasteiger partial charge in [0.25, 0.3) is 0 Å². The number of hydrogen-bond acceptors (Lipinski definition) is 1. The van der Waals surface area contributed by atoms with E-state index in [2.05, 4.69) is 6.08 Å². The Balaban J connectivity index is 0.00000121. The minimum atomic E-state index is 0. The summed E-state index contributed by atoms with van der Waals surface area (Å²) in [5.41, 5.74) is 1.20.